The number of thiocarbonyl (C=S) groups is 1. The molecule has 0 heterocycles. The van der Waals surface area contributed by atoms with Crippen molar-refractivity contribution >= 4 is 23.0 Å². The van der Waals surface area contributed by atoms with Crippen LogP contribution in [0.25, 0.3) is 0 Å². The molecule has 0 fully saturated rings. The topological polar surface area (TPSA) is 87.5 Å². The maximum atomic E-state index is 13.2. The minimum atomic E-state index is -0.551. The quantitative estimate of drug-likeness (QED) is 0.318. The molecule has 0 saturated carbocycles. The van der Waals surface area contributed by atoms with Gasteiger partial charge in [-0.3, -0.25) is 10.4 Å². The number of rotatable bonds is 2. The summed E-state index contributed by atoms with van der Waals surface area (Å²) >= 11 is 4.77. The molecule has 15 heavy (non-hydrogen) atoms. The monoisotopic (exact) mass is 230 g/mol. The molecular weight excluding hydrogens is 219 g/mol. The number of hydrazine groups is 2. The SMILES string of the molecule is NNC(=S)N(N)c1cccc(F)c1CO. The number of benzene rings is 1. The van der Waals surface area contributed by atoms with Crippen LogP contribution in [0.2, 0.25) is 0 Å². The van der Waals surface area contributed by atoms with E-state index in [1.807, 2.05) is 0 Å². The first kappa shape index (κ1) is 11.8. The predicted octanol–water partition coefficient (Wildman–Crippen LogP) is -0.254. The Hall–Kier alpha value is -1.28. The summed E-state index contributed by atoms with van der Waals surface area (Å²) in [7, 11) is 0. The third-order valence-corrected chi connectivity index (χ3v) is 2.17. The van der Waals surface area contributed by atoms with Crippen molar-refractivity contribution in [3.05, 3.63) is 29.6 Å². The van der Waals surface area contributed by atoms with Gasteiger partial charge in [-0.15, -0.1) is 0 Å². The summed E-state index contributed by atoms with van der Waals surface area (Å²) in [6.07, 6.45) is 0. The van der Waals surface area contributed by atoms with E-state index in [9.17, 15) is 4.39 Å². The molecule has 0 aromatic heterocycles. The minimum Gasteiger partial charge on any atom is -0.391 e. The summed E-state index contributed by atoms with van der Waals surface area (Å²) in [5.74, 6) is 10.1. The second-order valence-electron chi connectivity index (χ2n) is 2.72. The highest BCUT2D eigenvalue weighted by Gasteiger charge is 2.14. The number of nitrogens with one attached hydrogen (secondary N) is 1. The summed E-state index contributed by atoms with van der Waals surface area (Å²) in [5, 5.41) is 10.00. The van der Waals surface area contributed by atoms with Gasteiger partial charge in [-0.05, 0) is 24.4 Å². The standard InChI is InChI=1S/C8H11FN4OS/c9-6-2-1-3-7(5(6)4-14)13(11)8(15)12-10/h1-3,14H,4,10-11H2,(H,12,15). The fraction of sp³-hybridized carbons (Fsp3) is 0.125. The van der Waals surface area contributed by atoms with Crippen molar-refractivity contribution in [1.82, 2.24) is 5.43 Å². The first-order chi connectivity index (χ1) is 7.11. The van der Waals surface area contributed by atoms with Crippen molar-refractivity contribution in [3.8, 4) is 0 Å². The van der Waals surface area contributed by atoms with Crippen LogP contribution in [0.15, 0.2) is 18.2 Å². The van der Waals surface area contributed by atoms with Crippen LogP contribution in [0.4, 0.5) is 10.1 Å². The van der Waals surface area contributed by atoms with E-state index in [4.69, 9.17) is 29.0 Å². The largest absolute Gasteiger partial charge is 0.391 e. The fourth-order valence-electron chi connectivity index (χ4n) is 1.11. The van der Waals surface area contributed by atoms with E-state index in [-0.39, 0.29) is 16.4 Å². The Labute approximate surface area is 91.4 Å². The lowest BCUT2D eigenvalue weighted by molar-refractivity contribution is 0.276. The number of aliphatic hydroxyl groups is 1. The van der Waals surface area contributed by atoms with Crippen LogP contribution in [0.3, 0.4) is 0 Å². The van der Waals surface area contributed by atoms with Crippen molar-refractivity contribution in [2.24, 2.45) is 11.7 Å². The van der Waals surface area contributed by atoms with E-state index < -0.39 is 12.4 Å². The molecule has 1 aromatic rings. The molecule has 7 heteroatoms. The third kappa shape index (κ3) is 2.39. The number of nitrogens with two attached hydrogens (primary N) is 2. The van der Waals surface area contributed by atoms with E-state index in [0.29, 0.717) is 0 Å². The Kier molecular flexibility index (Phi) is 3.92. The van der Waals surface area contributed by atoms with E-state index in [2.05, 4.69) is 5.43 Å². The molecule has 5 nitrogen and oxygen atoms in total. The Morgan fingerprint density at radius 3 is 2.80 bits per heavy atom. The van der Waals surface area contributed by atoms with Gasteiger partial charge in [0.25, 0.3) is 0 Å². The molecule has 6 N–H and O–H groups in total. The molecule has 82 valence electrons. The van der Waals surface area contributed by atoms with E-state index in [1.165, 1.54) is 18.2 Å². The van der Waals surface area contributed by atoms with Crippen LogP contribution < -0.4 is 22.1 Å². The smallest absolute Gasteiger partial charge is 0.202 e. The lowest BCUT2D eigenvalue weighted by atomic mass is 10.1. The third-order valence-electron chi connectivity index (χ3n) is 1.85. The van der Waals surface area contributed by atoms with Crippen LogP contribution in [0.1, 0.15) is 5.56 Å². The maximum absolute atomic E-state index is 13.2. The van der Waals surface area contributed by atoms with Crippen molar-refractivity contribution in [3.63, 3.8) is 0 Å². The molecule has 0 atom stereocenters. The zero-order chi connectivity index (χ0) is 11.4. The molecular formula is C8H11FN4OS. The molecule has 0 unspecified atom stereocenters. The van der Waals surface area contributed by atoms with Gasteiger partial charge in [0, 0.05) is 5.56 Å². The van der Waals surface area contributed by atoms with Crippen LogP contribution in [-0.4, -0.2) is 10.2 Å². The van der Waals surface area contributed by atoms with E-state index >= 15 is 0 Å². The second kappa shape index (κ2) is 4.99. The van der Waals surface area contributed by atoms with Crippen LogP contribution in [-0.2, 0) is 6.61 Å². The molecule has 0 saturated heterocycles. The molecule has 0 bridgehead atoms. The average molecular weight is 230 g/mol. The lowest BCUT2D eigenvalue weighted by Crippen LogP contribution is -2.47. The van der Waals surface area contributed by atoms with Crippen molar-refractivity contribution in [1.29, 1.82) is 0 Å². The zero-order valence-corrected chi connectivity index (χ0v) is 8.59. The van der Waals surface area contributed by atoms with Gasteiger partial charge in [-0.25, -0.2) is 16.1 Å². The summed E-state index contributed by atoms with van der Waals surface area (Å²) < 4.78 is 13.2. The number of aliphatic hydroxyl groups excluding tert-OH is 1. The molecule has 0 aliphatic rings. The van der Waals surface area contributed by atoms with Gasteiger partial charge >= 0.3 is 0 Å². The Balaban J connectivity index is 3.13. The van der Waals surface area contributed by atoms with Gasteiger partial charge in [0.05, 0.1) is 12.3 Å². The van der Waals surface area contributed by atoms with Crippen LogP contribution in [0.5, 0.6) is 0 Å². The van der Waals surface area contributed by atoms with E-state index in [0.717, 1.165) is 5.01 Å². The van der Waals surface area contributed by atoms with Crippen LogP contribution >= 0.6 is 12.2 Å². The molecule has 1 aromatic carbocycles. The number of nitrogens with zero attached hydrogens (tertiary/aromatic N) is 1. The van der Waals surface area contributed by atoms with Gasteiger partial charge in [-0.2, -0.15) is 0 Å². The van der Waals surface area contributed by atoms with Crippen molar-refractivity contribution in [2.45, 2.75) is 6.61 Å². The first-order valence-corrected chi connectivity index (χ1v) is 4.46. The minimum absolute atomic E-state index is 0.0234. The Morgan fingerprint density at radius 1 is 1.60 bits per heavy atom. The molecule has 0 aliphatic carbocycles. The molecule has 0 radical (unpaired) electrons. The van der Waals surface area contributed by atoms with Gasteiger partial charge < -0.3 is 5.11 Å². The normalized spacial score (nSPS) is 9.87. The first-order valence-electron chi connectivity index (χ1n) is 4.05. The van der Waals surface area contributed by atoms with Gasteiger partial charge in [0.15, 0.2) is 0 Å². The average Bonchev–Trinajstić information content (AvgIpc) is 2.26. The van der Waals surface area contributed by atoms with E-state index in [1.54, 1.807) is 0 Å². The summed E-state index contributed by atoms with van der Waals surface area (Å²) in [5.41, 5.74) is 2.49. The van der Waals surface area contributed by atoms with Crippen LogP contribution in [0, 0.1) is 5.82 Å². The summed E-state index contributed by atoms with van der Waals surface area (Å²) in [6.45, 7) is -0.469. The molecule has 0 amide bonds. The molecule has 0 spiro atoms. The number of hydrogen-bond donors (Lipinski definition) is 4. The Bertz CT molecular complexity index is 374. The highest BCUT2D eigenvalue weighted by Crippen LogP contribution is 2.21. The fourth-order valence-corrected chi connectivity index (χ4v) is 1.21. The van der Waals surface area contributed by atoms with Gasteiger partial charge in [0.2, 0.25) is 5.11 Å². The highest BCUT2D eigenvalue weighted by atomic mass is 32.1. The van der Waals surface area contributed by atoms with Crippen molar-refractivity contribution < 1.29 is 9.50 Å². The predicted molar refractivity (Wildman–Crippen MR) is 58.9 cm³/mol. The maximum Gasteiger partial charge on any atom is 0.202 e. The number of halogens is 1. The Morgan fingerprint density at radius 2 is 2.27 bits per heavy atom. The summed E-state index contributed by atoms with van der Waals surface area (Å²) in [6, 6.07) is 4.21. The molecule has 1 rings (SSSR count). The van der Waals surface area contributed by atoms with Crippen molar-refractivity contribution in [2.75, 3.05) is 5.01 Å². The second-order valence-corrected chi connectivity index (χ2v) is 3.10. The number of anilines is 1. The molecule has 0 aliphatic heterocycles. The summed E-state index contributed by atoms with van der Waals surface area (Å²) in [4.78, 5) is 0. The highest BCUT2D eigenvalue weighted by molar-refractivity contribution is 7.80. The van der Waals surface area contributed by atoms with Gasteiger partial charge in [0.1, 0.15) is 5.82 Å². The lowest BCUT2D eigenvalue weighted by Gasteiger charge is -2.21. The van der Waals surface area contributed by atoms with Gasteiger partial charge in [-0.1, -0.05) is 6.07 Å². The number of hydrogen-bond acceptors (Lipinski definition) is 4. The zero-order valence-electron chi connectivity index (χ0n) is 7.77.